The van der Waals surface area contributed by atoms with E-state index in [1.54, 1.807) is 12.4 Å². The zero-order valence-corrected chi connectivity index (χ0v) is 12.0. The maximum absolute atomic E-state index is 4.33. The van der Waals surface area contributed by atoms with Crippen molar-refractivity contribution in [2.45, 2.75) is 39.8 Å². The van der Waals surface area contributed by atoms with Crippen LogP contribution in [-0.4, -0.2) is 38.2 Å². The molecule has 0 saturated carbocycles. The van der Waals surface area contributed by atoms with Gasteiger partial charge in [-0.1, -0.05) is 0 Å². The van der Waals surface area contributed by atoms with Crippen LogP contribution >= 0.6 is 0 Å². The van der Waals surface area contributed by atoms with Crippen LogP contribution in [0.1, 0.15) is 29.6 Å². The summed E-state index contributed by atoms with van der Waals surface area (Å²) in [6, 6.07) is 0.408. The predicted molar refractivity (Wildman–Crippen MR) is 74.7 cm³/mol. The predicted octanol–water partition coefficient (Wildman–Crippen LogP) is 1.88. The van der Waals surface area contributed by atoms with E-state index >= 15 is 0 Å². The molecule has 0 aromatic carbocycles. The molecule has 19 heavy (non-hydrogen) atoms. The Bertz CT molecular complexity index is 500. The highest BCUT2D eigenvalue weighted by atomic mass is 15.2. The minimum atomic E-state index is 0.408. The number of hydrogen-bond acceptors (Lipinski definition) is 4. The molecule has 102 valence electrons. The first-order valence-electron chi connectivity index (χ1n) is 6.53. The van der Waals surface area contributed by atoms with Crippen LogP contribution in [0.15, 0.2) is 18.6 Å². The maximum Gasteiger partial charge on any atom is 0.0639 e. The largest absolute Gasteiger partial charge is 0.299 e. The highest BCUT2D eigenvalue weighted by Gasteiger charge is 2.14. The van der Waals surface area contributed by atoms with Gasteiger partial charge in [-0.15, -0.1) is 0 Å². The second-order valence-corrected chi connectivity index (χ2v) is 5.08. The third-order valence-corrected chi connectivity index (χ3v) is 3.56. The van der Waals surface area contributed by atoms with Crippen LogP contribution in [0.3, 0.4) is 0 Å². The Labute approximate surface area is 114 Å². The molecule has 1 N–H and O–H groups in total. The Hall–Kier alpha value is -1.75. The van der Waals surface area contributed by atoms with E-state index in [4.69, 9.17) is 0 Å². The number of aromatic nitrogens is 4. The molecule has 0 aliphatic heterocycles. The molecule has 0 aliphatic rings. The lowest BCUT2D eigenvalue weighted by molar-refractivity contribution is 0.246. The van der Waals surface area contributed by atoms with Crippen molar-refractivity contribution < 1.29 is 0 Å². The first kappa shape index (κ1) is 13.7. The minimum absolute atomic E-state index is 0.408. The smallest absolute Gasteiger partial charge is 0.0639 e. The SMILES string of the molecule is Cc1n[nH]c(C)c1CN(C)[C@@H](C)Cc1cnccn1. The van der Waals surface area contributed by atoms with Crippen LogP contribution in [0, 0.1) is 13.8 Å². The van der Waals surface area contributed by atoms with Gasteiger partial charge in [0.25, 0.3) is 0 Å². The van der Waals surface area contributed by atoms with E-state index in [1.807, 2.05) is 13.1 Å². The molecule has 2 aromatic rings. The van der Waals surface area contributed by atoms with E-state index in [1.165, 1.54) is 5.56 Å². The molecular weight excluding hydrogens is 238 g/mol. The molecule has 0 spiro atoms. The average Bonchev–Trinajstić information content (AvgIpc) is 2.71. The van der Waals surface area contributed by atoms with Crippen LogP contribution in [0.25, 0.3) is 0 Å². The van der Waals surface area contributed by atoms with Crippen LogP contribution in [0.4, 0.5) is 0 Å². The van der Waals surface area contributed by atoms with Gasteiger partial charge in [0.1, 0.15) is 0 Å². The molecule has 0 radical (unpaired) electrons. The van der Waals surface area contributed by atoms with Crippen molar-refractivity contribution in [3.8, 4) is 0 Å². The summed E-state index contributed by atoms with van der Waals surface area (Å²) < 4.78 is 0. The lowest BCUT2D eigenvalue weighted by Gasteiger charge is -2.24. The Balaban J connectivity index is 1.98. The van der Waals surface area contributed by atoms with Crippen molar-refractivity contribution in [1.82, 2.24) is 25.1 Å². The summed E-state index contributed by atoms with van der Waals surface area (Å²) in [5.41, 5.74) is 4.54. The fourth-order valence-electron chi connectivity index (χ4n) is 2.11. The van der Waals surface area contributed by atoms with Gasteiger partial charge in [0, 0.05) is 48.9 Å². The quantitative estimate of drug-likeness (QED) is 0.890. The minimum Gasteiger partial charge on any atom is -0.299 e. The molecule has 0 amide bonds. The summed E-state index contributed by atoms with van der Waals surface area (Å²) in [5, 5.41) is 7.27. The Kier molecular flexibility index (Phi) is 4.27. The van der Waals surface area contributed by atoms with Crippen LogP contribution < -0.4 is 0 Å². The fourth-order valence-corrected chi connectivity index (χ4v) is 2.11. The van der Waals surface area contributed by atoms with E-state index < -0.39 is 0 Å². The van der Waals surface area contributed by atoms with Gasteiger partial charge in [-0.25, -0.2) is 0 Å². The van der Waals surface area contributed by atoms with Crippen molar-refractivity contribution in [3.05, 3.63) is 41.2 Å². The van der Waals surface area contributed by atoms with Crippen molar-refractivity contribution in [1.29, 1.82) is 0 Å². The molecule has 5 heteroatoms. The van der Waals surface area contributed by atoms with Crippen LogP contribution in [-0.2, 0) is 13.0 Å². The summed E-state index contributed by atoms with van der Waals surface area (Å²) in [5.74, 6) is 0. The Morgan fingerprint density at radius 3 is 2.68 bits per heavy atom. The lowest BCUT2D eigenvalue weighted by Crippen LogP contribution is -2.31. The van der Waals surface area contributed by atoms with Gasteiger partial charge in [0.2, 0.25) is 0 Å². The van der Waals surface area contributed by atoms with Crippen molar-refractivity contribution in [2.24, 2.45) is 0 Å². The molecule has 0 saturated heterocycles. The van der Waals surface area contributed by atoms with Gasteiger partial charge in [0.05, 0.1) is 11.4 Å². The third kappa shape index (κ3) is 3.38. The van der Waals surface area contributed by atoms with E-state index in [0.29, 0.717) is 6.04 Å². The topological polar surface area (TPSA) is 57.7 Å². The summed E-state index contributed by atoms with van der Waals surface area (Å²) in [6.07, 6.45) is 6.18. The second kappa shape index (κ2) is 5.93. The highest BCUT2D eigenvalue weighted by Crippen LogP contribution is 2.14. The number of nitrogens with one attached hydrogen (secondary N) is 1. The summed E-state index contributed by atoms with van der Waals surface area (Å²) in [7, 11) is 2.13. The number of aryl methyl sites for hydroxylation is 2. The van der Waals surface area contributed by atoms with Gasteiger partial charge in [-0.3, -0.25) is 20.0 Å². The van der Waals surface area contributed by atoms with E-state index in [9.17, 15) is 0 Å². The van der Waals surface area contributed by atoms with E-state index in [0.717, 1.165) is 30.0 Å². The summed E-state index contributed by atoms with van der Waals surface area (Å²) >= 11 is 0. The highest BCUT2D eigenvalue weighted by molar-refractivity contribution is 5.22. The van der Waals surface area contributed by atoms with Gasteiger partial charge < -0.3 is 0 Å². The molecule has 5 nitrogen and oxygen atoms in total. The van der Waals surface area contributed by atoms with E-state index in [-0.39, 0.29) is 0 Å². The molecule has 0 fully saturated rings. The lowest BCUT2D eigenvalue weighted by atomic mass is 10.1. The first-order valence-corrected chi connectivity index (χ1v) is 6.53. The summed E-state index contributed by atoms with van der Waals surface area (Å²) in [4.78, 5) is 10.7. The van der Waals surface area contributed by atoms with Gasteiger partial charge in [-0.2, -0.15) is 5.10 Å². The van der Waals surface area contributed by atoms with Crippen LogP contribution in [0.2, 0.25) is 0 Å². The number of nitrogens with zero attached hydrogens (tertiary/aromatic N) is 4. The molecule has 2 aromatic heterocycles. The molecule has 0 aliphatic carbocycles. The molecular formula is C14H21N5. The standard InChI is InChI=1S/C14H21N5/c1-10(7-13-8-15-5-6-16-13)19(4)9-14-11(2)17-18-12(14)3/h5-6,8,10H,7,9H2,1-4H3,(H,17,18)/t10-/m0/s1. The zero-order valence-electron chi connectivity index (χ0n) is 12.0. The van der Waals surface area contributed by atoms with Crippen LogP contribution in [0.5, 0.6) is 0 Å². The second-order valence-electron chi connectivity index (χ2n) is 5.08. The number of likely N-dealkylation sites (N-methyl/N-ethyl adjacent to an activating group) is 1. The first-order chi connectivity index (χ1) is 9.08. The number of aromatic amines is 1. The molecule has 1 atom stereocenters. The van der Waals surface area contributed by atoms with Crippen molar-refractivity contribution >= 4 is 0 Å². The van der Waals surface area contributed by atoms with E-state index in [2.05, 4.69) is 46.0 Å². The number of rotatable bonds is 5. The maximum atomic E-state index is 4.33. The Morgan fingerprint density at radius 1 is 1.32 bits per heavy atom. The third-order valence-electron chi connectivity index (χ3n) is 3.56. The number of hydrogen-bond donors (Lipinski definition) is 1. The van der Waals surface area contributed by atoms with Crippen molar-refractivity contribution in [2.75, 3.05) is 7.05 Å². The zero-order chi connectivity index (χ0) is 13.8. The normalized spacial score (nSPS) is 12.9. The van der Waals surface area contributed by atoms with Gasteiger partial charge >= 0.3 is 0 Å². The number of H-pyrrole nitrogens is 1. The molecule has 2 rings (SSSR count). The average molecular weight is 259 g/mol. The molecule has 0 unspecified atom stereocenters. The Morgan fingerprint density at radius 2 is 2.11 bits per heavy atom. The molecule has 2 heterocycles. The van der Waals surface area contributed by atoms with Gasteiger partial charge in [0.15, 0.2) is 0 Å². The summed E-state index contributed by atoms with van der Waals surface area (Å²) in [6.45, 7) is 7.21. The monoisotopic (exact) mass is 259 g/mol. The van der Waals surface area contributed by atoms with Gasteiger partial charge in [-0.05, 0) is 27.8 Å². The molecule has 0 bridgehead atoms. The van der Waals surface area contributed by atoms with Crippen molar-refractivity contribution in [3.63, 3.8) is 0 Å². The fraction of sp³-hybridized carbons (Fsp3) is 0.500.